The van der Waals surface area contributed by atoms with Crippen molar-refractivity contribution in [3.8, 4) is 0 Å². The Kier molecular flexibility index (Phi) is 3.75. The fraction of sp³-hybridized carbons (Fsp3) is 0.727. The third-order valence-electron chi connectivity index (χ3n) is 3.02. The van der Waals surface area contributed by atoms with E-state index < -0.39 is 0 Å². The predicted octanol–water partition coefficient (Wildman–Crippen LogP) is 1.49. The lowest BCUT2D eigenvalue weighted by atomic mass is 10.1. The van der Waals surface area contributed by atoms with Crippen LogP contribution in [0.5, 0.6) is 0 Å². The molecule has 1 aromatic heterocycles. The topological polar surface area (TPSA) is 49.9 Å². The van der Waals surface area contributed by atoms with Crippen molar-refractivity contribution in [2.24, 2.45) is 5.92 Å². The average molecular weight is 209 g/mol. The van der Waals surface area contributed by atoms with Crippen LogP contribution in [0.15, 0.2) is 12.3 Å². The molecule has 0 bridgehead atoms. The minimum absolute atomic E-state index is 0.356. The van der Waals surface area contributed by atoms with Crippen LogP contribution in [0.2, 0.25) is 0 Å². The van der Waals surface area contributed by atoms with Gasteiger partial charge in [-0.1, -0.05) is 0 Å². The first-order chi connectivity index (χ1) is 7.36. The minimum atomic E-state index is 0.356. The maximum absolute atomic E-state index is 5.34. The molecule has 0 spiro atoms. The molecule has 1 aliphatic heterocycles. The number of H-pyrrole nitrogens is 1. The van der Waals surface area contributed by atoms with E-state index in [0.29, 0.717) is 6.04 Å². The van der Waals surface area contributed by atoms with E-state index in [4.69, 9.17) is 4.74 Å². The Morgan fingerprint density at radius 3 is 3.33 bits per heavy atom. The highest BCUT2D eigenvalue weighted by atomic mass is 16.5. The molecule has 4 nitrogen and oxygen atoms in total. The molecule has 84 valence electrons. The summed E-state index contributed by atoms with van der Waals surface area (Å²) >= 11 is 0. The number of hydrogen-bond donors (Lipinski definition) is 2. The summed E-state index contributed by atoms with van der Waals surface area (Å²) in [5, 5.41) is 10.4. The second kappa shape index (κ2) is 5.28. The fourth-order valence-electron chi connectivity index (χ4n) is 1.93. The third-order valence-corrected chi connectivity index (χ3v) is 3.02. The number of ether oxygens (including phenoxy) is 1. The predicted molar refractivity (Wildman–Crippen MR) is 58.5 cm³/mol. The average Bonchev–Trinajstić information content (AvgIpc) is 2.90. The van der Waals surface area contributed by atoms with Crippen LogP contribution >= 0.6 is 0 Å². The lowest BCUT2D eigenvalue weighted by Crippen LogP contribution is -2.22. The second-order valence-corrected chi connectivity index (χ2v) is 4.21. The highest BCUT2D eigenvalue weighted by Crippen LogP contribution is 2.16. The van der Waals surface area contributed by atoms with Gasteiger partial charge in [-0.25, -0.2) is 0 Å². The number of rotatable bonds is 5. The molecule has 1 saturated heterocycles. The monoisotopic (exact) mass is 209 g/mol. The summed E-state index contributed by atoms with van der Waals surface area (Å²) in [6.45, 7) is 5.09. The lowest BCUT2D eigenvalue weighted by molar-refractivity contribution is 0.184. The zero-order valence-electron chi connectivity index (χ0n) is 9.20. The summed E-state index contributed by atoms with van der Waals surface area (Å²) in [5.41, 5.74) is 1.15. The van der Waals surface area contributed by atoms with E-state index in [0.717, 1.165) is 31.4 Å². The van der Waals surface area contributed by atoms with Crippen LogP contribution < -0.4 is 5.32 Å². The molecule has 4 heteroatoms. The molecule has 0 saturated carbocycles. The van der Waals surface area contributed by atoms with Crippen LogP contribution in [0.1, 0.15) is 31.5 Å². The van der Waals surface area contributed by atoms with E-state index >= 15 is 0 Å². The van der Waals surface area contributed by atoms with Gasteiger partial charge in [0.15, 0.2) is 0 Å². The first kappa shape index (κ1) is 10.6. The van der Waals surface area contributed by atoms with Crippen molar-refractivity contribution >= 4 is 0 Å². The number of aromatic nitrogens is 2. The maximum atomic E-state index is 5.34. The van der Waals surface area contributed by atoms with E-state index in [1.807, 2.05) is 6.07 Å². The quantitative estimate of drug-likeness (QED) is 0.772. The van der Waals surface area contributed by atoms with Crippen molar-refractivity contribution in [2.75, 3.05) is 19.8 Å². The molecule has 2 atom stereocenters. The van der Waals surface area contributed by atoms with Crippen LogP contribution in [0.25, 0.3) is 0 Å². The molecule has 2 heterocycles. The van der Waals surface area contributed by atoms with Gasteiger partial charge in [0.2, 0.25) is 0 Å². The molecular formula is C11H19N3O. The molecular weight excluding hydrogens is 190 g/mol. The van der Waals surface area contributed by atoms with Gasteiger partial charge in [0.1, 0.15) is 0 Å². The SMILES string of the molecule is CC(NCCC1CCOC1)c1ccn[nH]1. The van der Waals surface area contributed by atoms with Gasteiger partial charge in [-0.2, -0.15) is 5.10 Å². The van der Waals surface area contributed by atoms with Gasteiger partial charge < -0.3 is 10.1 Å². The van der Waals surface area contributed by atoms with Gasteiger partial charge in [-0.05, 0) is 38.3 Å². The molecule has 2 unspecified atom stereocenters. The molecule has 1 aromatic rings. The van der Waals surface area contributed by atoms with Gasteiger partial charge in [0.05, 0.1) is 5.69 Å². The fourth-order valence-corrected chi connectivity index (χ4v) is 1.93. The summed E-state index contributed by atoms with van der Waals surface area (Å²) in [7, 11) is 0. The Balaban J connectivity index is 1.65. The molecule has 15 heavy (non-hydrogen) atoms. The van der Waals surface area contributed by atoms with E-state index in [1.165, 1.54) is 12.8 Å². The van der Waals surface area contributed by atoms with Crippen LogP contribution in [-0.2, 0) is 4.74 Å². The van der Waals surface area contributed by atoms with Crippen LogP contribution in [0.3, 0.4) is 0 Å². The van der Waals surface area contributed by atoms with Crippen LogP contribution in [0, 0.1) is 5.92 Å². The summed E-state index contributed by atoms with van der Waals surface area (Å²) in [6.07, 6.45) is 4.22. The van der Waals surface area contributed by atoms with Crippen molar-refractivity contribution in [3.63, 3.8) is 0 Å². The smallest absolute Gasteiger partial charge is 0.0518 e. The molecule has 1 aliphatic rings. The Hall–Kier alpha value is -0.870. The zero-order valence-corrected chi connectivity index (χ0v) is 9.20. The summed E-state index contributed by atoms with van der Waals surface area (Å²) in [5.74, 6) is 0.756. The minimum Gasteiger partial charge on any atom is -0.381 e. The number of aromatic amines is 1. The van der Waals surface area contributed by atoms with Gasteiger partial charge in [-0.15, -0.1) is 0 Å². The largest absolute Gasteiger partial charge is 0.381 e. The zero-order chi connectivity index (χ0) is 10.5. The molecule has 2 rings (SSSR count). The standard InChI is InChI=1S/C11H19N3O/c1-9(11-3-6-13-14-11)12-5-2-10-4-7-15-8-10/h3,6,9-10,12H,2,4-5,7-8H2,1H3,(H,13,14). The Labute approximate surface area is 90.4 Å². The van der Waals surface area contributed by atoms with Gasteiger partial charge in [0, 0.05) is 25.5 Å². The Bertz CT molecular complexity index is 267. The summed E-state index contributed by atoms with van der Waals surface area (Å²) in [6, 6.07) is 2.37. The third kappa shape index (κ3) is 3.04. The highest BCUT2D eigenvalue weighted by molar-refractivity contribution is 5.02. The van der Waals surface area contributed by atoms with Crippen molar-refractivity contribution in [2.45, 2.75) is 25.8 Å². The van der Waals surface area contributed by atoms with E-state index in [2.05, 4.69) is 22.4 Å². The Morgan fingerprint density at radius 1 is 1.73 bits per heavy atom. The first-order valence-electron chi connectivity index (χ1n) is 5.66. The second-order valence-electron chi connectivity index (χ2n) is 4.21. The number of hydrogen-bond acceptors (Lipinski definition) is 3. The molecule has 0 amide bonds. The summed E-state index contributed by atoms with van der Waals surface area (Å²) in [4.78, 5) is 0. The molecule has 0 aliphatic carbocycles. The van der Waals surface area contributed by atoms with Crippen molar-refractivity contribution < 1.29 is 4.74 Å². The van der Waals surface area contributed by atoms with Gasteiger partial charge in [-0.3, -0.25) is 5.10 Å². The molecule has 1 fully saturated rings. The van der Waals surface area contributed by atoms with E-state index in [-0.39, 0.29) is 0 Å². The van der Waals surface area contributed by atoms with E-state index in [9.17, 15) is 0 Å². The Morgan fingerprint density at radius 2 is 2.67 bits per heavy atom. The molecule has 0 radical (unpaired) electrons. The van der Waals surface area contributed by atoms with E-state index in [1.54, 1.807) is 6.20 Å². The number of nitrogens with zero attached hydrogens (tertiary/aromatic N) is 1. The van der Waals surface area contributed by atoms with Crippen LogP contribution in [-0.4, -0.2) is 30.0 Å². The highest BCUT2D eigenvalue weighted by Gasteiger charge is 2.15. The lowest BCUT2D eigenvalue weighted by Gasteiger charge is -2.13. The normalized spacial score (nSPS) is 23.1. The summed E-state index contributed by atoms with van der Waals surface area (Å²) < 4.78 is 5.34. The van der Waals surface area contributed by atoms with Gasteiger partial charge in [0.25, 0.3) is 0 Å². The van der Waals surface area contributed by atoms with Crippen molar-refractivity contribution in [1.29, 1.82) is 0 Å². The first-order valence-corrected chi connectivity index (χ1v) is 5.66. The number of nitrogens with one attached hydrogen (secondary N) is 2. The maximum Gasteiger partial charge on any atom is 0.0518 e. The van der Waals surface area contributed by atoms with Crippen LogP contribution in [0.4, 0.5) is 0 Å². The molecule has 0 aromatic carbocycles. The van der Waals surface area contributed by atoms with Crippen molar-refractivity contribution in [1.82, 2.24) is 15.5 Å². The van der Waals surface area contributed by atoms with Gasteiger partial charge >= 0.3 is 0 Å². The molecule has 2 N–H and O–H groups in total. The van der Waals surface area contributed by atoms with Crippen molar-refractivity contribution in [3.05, 3.63) is 18.0 Å².